The van der Waals surface area contributed by atoms with Crippen LogP contribution in [0.5, 0.6) is 0 Å². The van der Waals surface area contributed by atoms with Crippen LogP contribution >= 0.6 is 11.6 Å². The second kappa shape index (κ2) is 7.08. The fourth-order valence-corrected chi connectivity index (χ4v) is 2.92. The molecule has 1 atom stereocenters. The molecule has 3 nitrogen and oxygen atoms in total. The minimum absolute atomic E-state index is 0.613. The zero-order chi connectivity index (χ0) is 14.5. The van der Waals surface area contributed by atoms with E-state index in [0.29, 0.717) is 16.6 Å². The van der Waals surface area contributed by atoms with Crippen LogP contribution in [0.25, 0.3) is 0 Å². The normalized spacial score (nSPS) is 19.4. The molecule has 1 saturated heterocycles. The summed E-state index contributed by atoms with van der Waals surface area (Å²) < 4.78 is 0. The molecule has 2 rings (SSSR count). The average Bonchev–Trinajstić information content (AvgIpc) is 2.89. The first-order valence-electron chi connectivity index (χ1n) is 7.23. The predicted octanol–water partition coefficient (Wildman–Crippen LogP) is 3.03. The van der Waals surface area contributed by atoms with E-state index in [9.17, 15) is 0 Å². The third-order valence-electron chi connectivity index (χ3n) is 3.98. The first kappa shape index (κ1) is 15.3. The number of nitriles is 1. The third kappa shape index (κ3) is 3.96. The van der Waals surface area contributed by atoms with Crippen LogP contribution in [0.4, 0.5) is 0 Å². The summed E-state index contributed by atoms with van der Waals surface area (Å²) in [7, 11) is 0. The number of nitrogens with zero attached hydrogens (tertiary/aromatic N) is 2. The maximum Gasteiger partial charge on any atom is 0.0992 e. The van der Waals surface area contributed by atoms with Gasteiger partial charge in [-0.2, -0.15) is 5.26 Å². The molecule has 4 heteroatoms. The largest absolute Gasteiger partial charge is 0.312 e. The zero-order valence-corrected chi connectivity index (χ0v) is 13.0. The van der Waals surface area contributed by atoms with Gasteiger partial charge in [-0.15, -0.1) is 0 Å². The first-order chi connectivity index (χ1) is 9.60. The van der Waals surface area contributed by atoms with Gasteiger partial charge in [-0.3, -0.25) is 0 Å². The van der Waals surface area contributed by atoms with Gasteiger partial charge in [-0.05, 0) is 57.0 Å². The van der Waals surface area contributed by atoms with Gasteiger partial charge in [0.2, 0.25) is 0 Å². The second-order valence-corrected chi connectivity index (χ2v) is 6.20. The highest BCUT2D eigenvalue weighted by atomic mass is 35.5. The van der Waals surface area contributed by atoms with Gasteiger partial charge in [-0.25, -0.2) is 0 Å². The number of halogens is 1. The Labute approximate surface area is 126 Å². The van der Waals surface area contributed by atoms with Crippen LogP contribution in [-0.2, 0) is 6.54 Å². The summed E-state index contributed by atoms with van der Waals surface area (Å²) in [4.78, 5) is 2.53. The Hall–Kier alpha value is -1.08. The summed E-state index contributed by atoms with van der Waals surface area (Å²) in [6, 6.07) is 8.23. The Morgan fingerprint density at radius 1 is 1.50 bits per heavy atom. The molecule has 0 aliphatic carbocycles. The number of benzene rings is 1. The smallest absolute Gasteiger partial charge is 0.0992 e. The van der Waals surface area contributed by atoms with E-state index in [2.05, 4.69) is 30.1 Å². The van der Waals surface area contributed by atoms with Crippen molar-refractivity contribution in [3.8, 4) is 6.07 Å². The van der Waals surface area contributed by atoms with Crippen LogP contribution in [0.3, 0.4) is 0 Å². The lowest BCUT2D eigenvalue weighted by Gasteiger charge is -2.20. The Balaban J connectivity index is 1.78. The molecule has 1 unspecified atom stereocenters. The van der Waals surface area contributed by atoms with Gasteiger partial charge in [-0.1, -0.05) is 17.7 Å². The number of likely N-dealkylation sites (tertiary alicyclic amines) is 1. The van der Waals surface area contributed by atoms with Crippen molar-refractivity contribution < 1.29 is 0 Å². The maximum absolute atomic E-state index is 8.81. The van der Waals surface area contributed by atoms with Crippen LogP contribution < -0.4 is 5.32 Å². The molecule has 0 saturated carbocycles. The Morgan fingerprint density at radius 2 is 2.30 bits per heavy atom. The fourth-order valence-electron chi connectivity index (χ4n) is 2.67. The van der Waals surface area contributed by atoms with Gasteiger partial charge in [0.15, 0.2) is 0 Å². The zero-order valence-electron chi connectivity index (χ0n) is 12.2. The van der Waals surface area contributed by atoms with E-state index in [0.717, 1.165) is 24.6 Å². The lowest BCUT2D eigenvalue weighted by atomic mass is 10.1. The lowest BCUT2D eigenvalue weighted by Crippen LogP contribution is -2.30. The number of hydrogen-bond acceptors (Lipinski definition) is 3. The summed E-state index contributed by atoms with van der Waals surface area (Å²) in [5.74, 6) is 0.731. The van der Waals surface area contributed by atoms with E-state index in [1.807, 2.05) is 12.1 Å². The van der Waals surface area contributed by atoms with Crippen LogP contribution in [0.1, 0.15) is 31.4 Å². The Morgan fingerprint density at radius 3 is 2.90 bits per heavy atom. The number of nitrogens with one attached hydrogen (secondary N) is 1. The van der Waals surface area contributed by atoms with Crippen molar-refractivity contribution in [1.82, 2.24) is 10.2 Å². The second-order valence-electron chi connectivity index (χ2n) is 5.79. The topological polar surface area (TPSA) is 39.1 Å². The summed E-state index contributed by atoms with van der Waals surface area (Å²) >= 11 is 6.17. The van der Waals surface area contributed by atoms with Crippen LogP contribution in [0, 0.1) is 17.2 Å². The molecule has 108 valence electrons. The van der Waals surface area contributed by atoms with Crippen molar-refractivity contribution in [2.45, 2.75) is 32.9 Å². The van der Waals surface area contributed by atoms with E-state index in [4.69, 9.17) is 16.9 Å². The highest BCUT2D eigenvalue weighted by Crippen LogP contribution is 2.19. The molecule has 1 aliphatic heterocycles. The van der Waals surface area contributed by atoms with Crippen molar-refractivity contribution >= 4 is 11.6 Å². The molecule has 0 spiro atoms. The van der Waals surface area contributed by atoms with Crippen molar-refractivity contribution in [2.24, 2.45) is 5.92 Å². The van der Waals surface area contributed by atoms with Crippen molar-refractivity contribution in [1.29, 1.82) is 5.26 Å². The molecule has 1 heterocycles. The van der Waals surface area contributed by atoms with Gasteiger partial charge in [0, 0.05) is 24.2 Å². The predicted molar refractivity (Wildman–Crippen MR) is 82.7 cm³/mol. The highest BCUT2D eigenvalue weighted by molar-refractivity contribution is 6.31. The van der Waals surface area contributed by atoms with Gasteiger partial charge < -0.3 is 10.2 Å². The molecule has 20 heavy (non-hydrogen) atoms. The highest BCUT2D eigenvalue weighted by Gasteiger charge is 2.23. The van der Waals surface area contributed by atoms with E-state index in [-0.39, 0.29) is 0 Å². The molecule has 1 aromatic rings. The first-order valence-corrected chi connectivity index (χ1v) is 7.61. The van der Waals surface area contributed by atoms with Crippen LogP contribution in [0.2, 0.25) is 5.02 Å². The van der Waals surface area contributed by atoms with Crippen LogP contribution in [-0.4, -0.2) is 30.6 Å². The molecule has 1 fully saturated rings. The van der Waals surface area contributed by atoms with Gasteiger partial charge in [0.05, 0.1) is 11.6 Å². The van der Waals surface area contributed by atoms with Crippen molar-refractivity contribution in [3.63, 3.8) is 0 Å². The lowest BCUT2D eigenvalue weighted by molar-refractivity contribution is 0.264. The van der Waals surface area contributed by atoms with Gasteiger partial charge >= 0.3 is 0 Å². The SMILES string of the molecule is CC(C)N1CCC(CNCc2ccc(C#N)cc2Cl)C1. The Kier molecular flexibility index (Phi) is 5.42. The quantitative estimate of drug-likeness (QED) is 0.906. The fraction of sp³-hybridized carbons (Fsp3) is 0.562. The number of hydrogen-bond donors (Lipinski definition) is 1. The number of rotatable bonds is 5. The Bertz CT molecular complexity index is 493. The van der Waals surface area contributed by atoms with E-state index >= 15 is 0 Å². The van der Waals surface area contributed by atoms with E-state index in [1.54, 1.807) is 6.07 Å². The summed E-state index contributed by atoms with van der Waals surface area (Å²) in [5, 5.41) is 13.0. The van der Waals surface area contributed by atoms with Crippen LogP contribution in [0.15, 0.2) is 18.2 Å². The molecular weight excluding hydrogens is 270 g/mol. The summed E-state index contributed by atoms with van der Waals surface area (Å²) in [6.07, 6.45) is 1.27. The molecule has 0 aromatic heterocycles. The third-order valence-corrected chi connectivity index (χ3v) is 4.33. The van der Waals surface area contributed by atoms with Crippen molar-refractivity contribution in [2.75, 3.05) is 19.6 Å². The maximum atomic E-state index is 8.81. The van der Waals surface area contributed by atoms with Gasteiger partial charge in [0.1, 0.15) is 0 Å². The van der Waals surface area contributed by atoms with Gasteiger partial charge in [0.25, 0.3) is 0 Å². The molecular formula is C16H22ClN3. The summed E-state index contributed by atoms with van der Waals surface area (Å²) in [5.41, 5.74) is 1.67. The monoisotopic (exact) mass is 291 g/mol. The van der Waals surface area contributed by atoms with E-state index in [1.165, 1.54) is 19.5 Å². The summed E-state index contributed by atoms with van der Waals surface area (Å²) in [6.45, 7) is 8.70. The van der Waals surface area contributed by atoms with Crippen molar-refractivity contribution in [3.05, 3.63) is 34.3 Å². The average molecular weight is 292 g/mol. The molecule has 1 aliphatic rings. The molecule has 1 aromatic carbocycles. The standard InChI is InChI=1S/C16H22ClN3/c1-12(2)20-6-5-14(11-20)9-19-10-15-4-3-13(8-18)7-16(15)17/h3-4,7,12,14,19H,5-6,9-11H2,1-2H3. The molecule has 1 N–H and O–H groups in total. The molecule has 0 amide bonds. The molecule has 0 bridgehead atoms. The van der Waals surface area contributed by atoms with E-state index < -0.39 is 0 Å². The molecule has 0 radical (unpaired) electrons. The minimum Gasteiger partial charge on any atom is -0.312 e. The minimum atomic E-state index is 0.613.